The third-order valence-electron chi connectivity index (χ3n) is 4.70. The largest absolute Gasteiger partial charge is 0.338 e. The number of hydrogen-bond acceptors (Lipinski definition) is 4. The molecule has 1 aromatic carbocycles. The van der Waals surface area contributed by atoms with Crippen molar-refractivity contribution in [1.29, 1.82) is 0 Å². The molecule has 1 unspecified atom stereocenters. The Morgan fingerprint density at radius 2 is 2.15 bits per heavy atom. The highest BCUT2D eigenvalue weighted by Crippen LogP contribution is 2.26. The van der Waals surface area contributed by atoms with E-state index in [0.717, 1.165) is 16.1 Å². The van der Waals surface area contributed by atoms with Crippen molar-refractivity contribution in [3.05, 3.63) is 59.0 Å². The van der Waals surface area contributed by atoms with Crippen LogP contribution in [0.15, 0.2) is 47.8 Å². The molecule has 2 N–H and O–H groups in total. The Kier molecular flexibility index (Phi) is 4.77. The first-order valence-electron chi connectivity index (χ1n) is 8.82. The fraction of sp³-hybridized carbons (Fsp3) is 0.250. The Hall–Kier alpha value is -2.93. The van der Waals surface area contributed by atoms with Gasteiger partial charge < -0.3 is 10.2 Å². The van der Waals surface area contributed by atoms with Gasteiger partial charge in [-0.3, -0.25) is 14.7 Å². The lowest BCUT2D eigenvalue weighted by atomic mass is 10.1. The second-order valence-electron chi connectivity index (χ2n) is 6.79. The van der Waals surface area contributed by atoms with Gasteiger partial charge in [-0.2, -0.15) is 5.10 Å². The third kappa shape index (κ3) is 3.93. The van der Waals surface area contributed by atoms with Gasteiger partial charge >= 0.3 is 0 Å². The Morgan fingerprint density at radius 3 is 2.89 bits per heavy atom. The summed E-state index contributed by atoms with van der Waals surface area (Å²) < 4.78 is 0. The molecule has 1 fully saturated rings. The van der Waals surface area contributed by atoms with Crippen LogP contribution in [0.2, 0.25) is 0 Å². The maximum atomic E-state index is 12.6. The van der Waals surface area contributed by atoms with Crippen molar-refractivity contribution < 1.29 is 9.59 Å². The van der Waals surface area contributed by atoms with Crippen molar-refractivity contribution in [3.63, 3.8) is 0 Å². The first-order valence-corrected chi connectivity index (χ1v) is 9.70. The topological polar surface area (TPSA) is 78.1 Å². The molecule has 1 aliphatic rings. The number of nitrogens with one attached hydrogen (secondary N) is 2. The lowest BCUT2D eigenvalue weighted by Crippen LogP contribution is -2.28. The van der Waals surface area contributed by atoms with Crippen molar-refractivity contribution in [2.45, 2.75) is 19.9 Å². The maximum absolute atomic E-state index is 12.6. The number of hydrogen-bond donors (Lipinski definition) is 2. The number of anilines is 1. The van der Waals surface area contributed by atoms with E-state index < -0.39 is 0 Å². The Bertz CT molecular complexity index is 947. The molecule has 0 saturated carbocycles. The van der Waals surface area contributed by atoms with Crippen LogP contribution < -0.4 is 5.32 Å². The highest BCUT2D eigenvalue weighted by molar-refractivity contribution is 7.13. The summed E-state index contributed by atoms with van der Waals surface area (Å²) in [4.78, 5) is 27.7. The number of aromatic amines is 1. The number of carbonyl (C=O) groups excluding carboxylic acids is 2. The number of thiophene rings is 1. The SMILES string of the molecule is Cc1ccc(CN2CC(C(=O)Nc3cc(-c4cccs4)[nH]n3)CC2=O)cc1. The molecule has 1 atom stereocenters. The molecule has 1 saturated heterocycles. The Balaban J connectivity index is 1.37. The van der Waals surface area contributed by atoms with Crippen molar-refractivity contribution in [2.24, 2.45) is 5.92 Å². The number of benzene rings is 1. The average molecular weight is 380 g/mol. The normalized spacial score (nSPS) is 16.7. The minimum Gasteiger partial charge on any atom is -0.338 e. The van der Waals surface area contributed by atoms with E-state index in [2.05, 4.69) is 15.5 Å². The van der Waals surface area contributed by atoms with Crippen LogP contribution in [0.1, 0.15) is 17.5 Å². The van der Waals surface area contributed by atoms with Gasteiger partial charge in [0.25, 0.3) is 0 Å². The number of carbonyl (C=O) groups is 2. The smallest absolute Gasteiger partial charge is 0.230 e. The molecule has 1 aliphatic heterocycles. The number of nitrogens with zero attached hydrogens (tertiary/aromatic N) is 2. The van der Waals surface area contributed by atoms with E-state index >= 15 is 0 Å². The zero-order chi connectivity index (χ0) is 18.8. The molecule has 27 heavy (non-hydrogen) atoms. The fourth-order valence-electron chi connectivity index (χ4n) is 3.19. The lowest BCUT2D eigenvalue weighted by molar-refractivity contribution is -0.128. The van der Waals surface area contributed by atoms with Gasteiger partial charge in [0.1, 0.15) is 0 Å². The summed E-state index contributed by atoms with van der Waals surface area (Å²) in [6.07, 6.45) is 0.236. The molecule has 2 amide bonds. The van der Waals surface area contributed by atoms with Gasteiger partial charge in [0.05, 0.1) is 16.5 Å². The second-order valence-corrected chi connectivity index (χ2v) is 7.74. The highest BCUT2D eigenvalue weighted by Gasteiger charge is 2.34. The van der Waals surface area contributed by atoms with Gasteiger partial charge in [-0.25, -0.2) is 0 Å². The summed E-state index contributed by atoms with van der Waals surface area (Å²) in [5.74, 6) is -0.0336. The van der Waals surface area contributed by atoms with E-state index in [1.54, 1.807) is 16.2 Å². The van der Waals surface area contributed by atoms with Crippen LogP contribution in [-0.2, 0) is 16.1 Å². The van der Waals surface area contributed by atoms with Gasteiger partial charge in [0.2, 0.25) is 11.8 Å². The number of likely N-dealkylation sites (tertiary alicyclic amines) is 1. The van der Waals surface area contributed by atoms with Crippen LogP contribution in [0, 0.1) is 12.8 Å². The van der Waals surface area contributed by atoms with Crippen LogP contribution in [0.3, 0.4) is 0 Å². The molecule has 7 heteroatoms. The van der Waals surface area contributed by atoms with Gasteiger partial charge in [-0.1, -0.05) is 35.9 Å². The molecule has 0 aliphatic carbocycles. The summed E-state index contributed by atoms with van der Waals surface area (Å²) >= 11 is 1.60. The molecule has 4 rings (SSSR count). The predicted molar refractivity (Wildman–Crippen MR) is 105 cm³/mol. The number of rotatable bonds is 5. The van der Waals surface area contributed by atoms with Crippen LogP contribution in [-0.4, -0.2) is 33.5 Å². The minimum atomic E-state index is -0.357. The Morgan fingerprint density at radius 1 is 1.33 bits per heavy atom. The van der Waals surface area contributed by atoms with Crippen molar-refractivity contribution in [1.82, 2.24) is 15.1 Å². The van der Waals surface area contributed by atoms with E-state index in [-0.39, 0.29) is 24.2 Å². The zero-order valence-corrected chi connectivity index (χ0v) is 15.8. The molecule has 0 spiro atoms. The van der Waals surface area contributed by atoms with E-state index in [9.17, 15) is 9.59 Å². The number of aryl methyl sites for hydroxylation is 1. The Labute approximate surface area is 161 Å². The van der Waals surface area contributed by atoms with Gasteiger partial charge in [0, 0.05) is 25.6 Å². The number of aromatic nitrogens is 2. The predicted octanol–water partition coefficient (Wildman–Crippen LogP) is 3.43. The van der Waals surface area contributed by atoms with E-state index in [1.807, 2.05) is 54.8 Å². The van der Waals surface area contributed by atoms with Crippen molar-refractivity contribution in [3.8, 4) is 10.6 Å². The third-order valence-corrected chi connectivity index (χ3v) is 5.60. The van der Waals surface area contributed by atoms with Crippen LogP contribution in [0.4, 0.5) is 5.82 Å². The van der Waals surface area contributed by atoms with Gasteiger partial charge in [-0.05, 0) is 23.9 Å². The molecule has 0 bridgehead atoms. The summed E-state index contributed by atoms with van der Waals surface area (Å²) in [6, 6.07) is 13.9. The van der Waals surface area contributed by atoms with Crippen LogP contribution >= 0.6 is 11.3 Å². The van der Waals surface area contributed by atoms with E-state index in [4.69, 9.17) is 0 Å². The van der Waals surface area contributed by atoms with Gasteiger partial charge in [-0.15, -0.1) is 11.3 Å². The highest BCUT2D eigenvalue weighted by atomic mass is 32.1. The summed E-state index contributed by atoms with van der Waals surface area (Å²) in [6.45, 7) is 3.00. The van der Waals surface area contributed by atoms with E-state index in [0.29, 0.717) is 18.9 Å². The van der Waals surface area contributed by atoms with Gasteiger partial charge in [0.15, 0.2) is 5.82 Å². The average Bonchev–Trinajstić information content (AvgIpc) is 3.38. The monoisotopic (exact) mass is 380 g/mol. The molecule has 138 valence electrons. The number of amides is 2. The molecule has 6 nitrogen and oxygen atoms in total. The number of H-pyrrole nitrogens is 1. The van der Waals surface area contributed by atoms with Crippen LogP contribution in [0.25, 0.3) is 10.6 Å². The second kappa shape index (κ2) is 7.36. The summed E-state index contributed by atoms with van der Waals surface area (Å²) in [7, 11) is 0. The van der Waals surface area contributed by atoms with Crippen LogP contribution in [0.5, 0.6) is 0 Å². The molecular formula is C20H20N4O2S. The van der Waals surface area contributed by atoms with Crippen molar-refractivity contribution >= 4 is 29.0 Å². The fourth-order valence-corrected chi connectivity index (χ4v) is 3.88. The minimum absolute atomic E-state index is 0.0111. The van der Waals surface area contributed by atoms with Crippen molar-refractivity contribution in [2.75, 3.05) is 11.9 Å². The standard InChI is InChI=1S/C20H20N4O2S/c1-13-4-6-14(7-5-13)11-24-12-15(9-19(24)25)20(26)21-18-10-16(22-23-18)17-3-2-8-27-17/h2-8,10,15H,9,11-12H2,1H3,(H2,21,22,23,26). The maximum Gasteiger partial charge on any atom is 0.230 e. The zero-order valence-electron chi connectivity index (χ0n) is 14.9. The quantitative estimate of drug-likeness (QED) is 0.712. The van der Waals surface area contributed by atoms with E-state index in [1.165, 1.54) is 5.56 Å². The first-order chi connectivity index (χ1) is 13.1. The molecule has 3 aromatic rings. The molecule has 0 radical (unpaired) electrons. The lowest BCUT2D eigenvalue weighted by Gasteiger charge is -2.16. The molecular weight excluding hydrogens is 360 g/mol. The molecule has 3 heterocycles. The first kappa shape index (κ1) is 17.5. The summed E-state index contributed by atoms with van der Waals surface area (Å²) in [5, 5.41) is 11.9. The molecule has 2 aromatic heterocycles. The summed E-state index contributed by atoms with van der Waals surface area (Å²) in [5.41, 5.74) is 3.12.